The maximum Gasteiger partial charge on any atom is 0.573 e. The normalized spacial score (nSPS) is 11.6. The summed E-state index contributed by atoms with van der Waals surface area (Å²) in [6, 6.07) is 2.77. The number of halogens is 3. The van der Waals surface area contributed by atoms with Gasteiger partial charge in [-0.25, -0.2) is 4.79 Å². The Bertz CT molecular complexity index is 815. The SMILES string of the molecule is CCOC(=O)c1cc2cc(OC(F)(F)F)cc([N+](=O)[O-])c2n1COC. The molecule has 0 N–H and O–H groups in total. The molecule has 1 heterocycles. The fourth-order valence-corrected chi connectivity index (χ4v) is 2.33. The van der Waals surface area contributed by atoms with Crippen molar-refractivity contribution in [3.8, 4) is 5.75 Å². The van der Waals surface area contributed by atoms with E-state index in [1.165, 1.54) is 13.2 Å². The Morgan fingerprint density at radius 1 is 1.32 bits per heavy atom. The second kappa shape index (κ2) is 6.97. The molecule has 0 saturated heterocycles. The second-order valence-corrected chi connectivity index (χ2v) is 4.78. The lowest BCUT2D eigenvalue weighted by Gasteiger charge is -2.11. The summed E-state index contributed by atoms with van der Waals surface area (Å²) in [6.07, 6.45) is -5.01. The van der Waals surface area contributed by atoms with Crippen molar-refractivity contribution in [3.05, 3.63) is 34.0 Å². The maximum atomic E-state index is 12.4. The predicted molar refractivity (Wildman–Crippen MR) is 78.2 cm³/mol. The first-order chi connectivity index (χ1) is 11.7. The van der Waals surface area contributed by atoms with Crippen LogP contribution in [0.15, 0.2) is 18.2 Å². The number of benzene rings is 1. The Morgan fingerprint density at radius 3 is 2.52 bits per heavy atom. The van der Waals surface area contributed by atoms with E-state index in [9.17, 15) is 28.1 Å². The zero-order valence-corrected chi connectivity index (χ0v) is 13.1. The molecule has 2 aromatic rings. The van der Waals surface area contributed by atoms with Crippen LogP contribution in [0.2, 0.25) is 0 Å². The minimum atomic E-state index is -5.01. The molecule has 0 spiro atoms. The van der Waals surface area contributed by atoms with Gasteiger partial charge in [-0.2, -0.15) is 0 Å². The summed E-state index contributed by atoms with van der Waals surface area (Å²) >= 11 is 0. The van der Waals surface area contributed by atoms with E-state index in [0.717, 1.165) is 10.6 Å². The van der Waals surface area contributed by atoms with Gasteiger partial charge in [0.1, 0.15) is 23.7 Å². The van der Waals surface area contributed by atoms with Crippen molar-refractivity contribution in [1.29, 1.82) is 0 Å². The monoisotopic (exact) mass is 362 g/mol. The van der Waals surface area contributed by atoms with Crippen LogP contribution in [0.3, 0.4) is 0 Å². The minimum Gasteiger partial charge on any atom is -0.461 e. The molecule has 2 rings (SSSR count). The fourth-order valence-electron chi connectivity index (χ4n) is 2.33. The Hall–Kier alpha value is -2.82. The number of ether oxygens (including phenoxy) is 3. The number of hydrogen-bond donors (Lipinski definition) is 0. The third-order valence-electron chi connectivity index (χ3n) is 3.12. The van der Waals surface area contributed by atoms with E-state index < -0.39 is 28.7 Å². The molecule has 25 heavy (non-hydrogen) atoms. The number of methoxy groups -OCH3 is 1. The van der Waals surface area contributed by atoms with Gasteiger partial charge in [-0.15, -0.1) is 13.2 Å². The zero-order chi connectivity index (χ0) is 18.8. The molecule has 1 aromatic carbocycles. The highest BCUT2D eigenvalue weighted by molar-refractivity contribution is 5.99. The first-order valence-electron chi connectivity index (χ1n) is 6.91. The largest absolute Gasteiger partial charge is 0.573 e. The number of hydrogen-bond acceptors (Lipinski definition) is 6. The summed E-state index contributed by atoms with van der Waals surface area (Å²) < 4.78 is 52.0. The summed E-state index contributed by atoms with van der Waals surface area (Å²) in [5.41, 5.74) is -0.834. The number of rotatable bonds is 6. The van der Waals surface area contributed by atoms with Crippen LogP contribution in [0.4, 0.5) is 18.9 Å². The third kappa shape index (κ3) is 3.99. The number of nitro benzene ring substituents is 1. The average molecular weight is 362 g/mol. The molecule has 0 saturated carbocycles. The summed E-state index contributed by atoms with van der Waals surface area (Å²) in [4.78, 5) is 22.4. The highest BCUT2D eigenvalue weighted by Gasteiger charge is 2.33. The van der Waals surface area contributed by atoms with Gasteiger partial charge in [-0.05, 0) is 19.1 Å². The number of fused-ring (bicyclic) bond motifs is 1. The summed E-state index contributed by atoms with van der Waals surface area (Å²) in [5.74, 6) is -1.56. The van der Waals surface area contributed by atoms with Crippen LogP contribution in [0.5, 0.6) is 5.75 Å². The summed E-state index contributed by atoms with van der Waals surface area (Å²) in [6.45, 7) is 1.38. The molecular weight excluding hydrogens is 349 g/mol. The van der Waals surface area contributed by atoms with Crippen molar-refractivity contribution in [3.63, 3.8) is 0 Å². The van der Waals surface area contributed by atoms with Gasteiger partial charge in [-0.3, -0.25) is 10.1 Å². The van der Waals surface area contributed by atoms with E-state index in [0.29, 0.717) is 6.07 Å². The van der Waals surface area contributed by atoms with Crippen molar-refractivity contribution in [2.45, 2.75) is 20.0 Å². The lowest BCUT2D eigenvalue weighted by atomic mass is 10.2. The lowest BCUT2D eigenvalue weighted by molar-refractivity contribution is -0.383. The molecule has 0 aliphatic carbocycles. The zero-order valence-electron chi connectivity index (χ0n) is 13.1. The Balaban J connectivity index is 2.73. The first kappa shape index (κ1) is 18.5. The fraction of sp³-hybridized carbons (Fsp3) is 0.357. The maximum absolute atomic E-state index is 12.4. The minimum absolute atomic E-state index is 0.00792. The molecule has 136 valence electrons. The number of aromatic nitrogens is 1. The molecule has 0 aliphatic heterocycles. The first-order valence-corrected chi connectivity index (χ1v) is 6.91. The van der Waals surface area contributed by atoms with E-state index in [4.69, 9.17) is 9.47 Å². The van der Waals surface area contributed by atoms with Gasteiger partial charge in [0.2, 0.25) is 0 Å². The van der Waals surface area contributed by atoms with Crippen molar-refractivity contribution in [1.82, 2.24) is 4.57 Å². The van der Waals surface area contributed by atoms with Gasteiger partial charge in [0.25, 0.3) is 5.69 Å². The molecule has 0 atom stereocenters. The highest BCUT2D eigenvalue weighted by Crippen LogP contribution is 2.35. The third-order valence-corrected chi connectivity index (χ3v) is 3.12. The van der Waals surface area contributed by atoms with Crippen LogP contribution in [-0.2, 0) is 16.2 Å². The summed E-state index contributed by atoms with van der Waals surface area (Å²) in [7, 11) is 1.30. The standard InChI is InChI=1S/C14H13F3N2O6/c1-3-24-13(20)11-5-8-4-9(25-14(15,16)17)6-10(19(21)22)12(8)18(11)7-23-2/h4-6H,3,7H2,1-2H3. The molecule has 11 heteroatoms. The number of carbonyl (C=O) groups is 1. The van der Waals surface area contributed by atoms with Crippen LogP contribution >= 0.6 is 0 Å². The molecule has 0 radical (unpaired) electrons. The average Bonchev–Trinajstić information content (AvgIpc) is 2.84. The number of nitrogens with zero attached hydrogens (tertiary/aromatic N) is 2. The lowest BCUT2D eigenvalue weighted by Crippen LogP contribution is -2.17. The number of carbonyl (C=O) groups excluding carboxylic acids is 1. The molecule has 0 bridgehead atoms. The van der Waals surface area contributed by atoms with Crippen molar-refractivity contribution >= 4 is 22.6 Å². The topological polar surface area (TPSA) is 92.8 Å². The molecule has 1 aromatic heterocycles. The van der Waals surface area contributed by atoms with Crippen molar-refractivity contribution in [2.75, 3.05) is 13.7 Å². The van der Waals surface area contributed by atoms with Crippen LogP contribution in [0.25, 0.3) is 10.9 Å². The predicted octanol–water partition coefficient (Wildman–Crippen LogP) is 3.23. The van der Waals surface area contributed by atoms with E-state index in [1.807, 2.05) is 0 Å². The van der Waals surface area contributed by atoms with Crippen LogP contribution in [0.1, 0.15) is 17.4 Å². The Morgan fingerprint density at radius 2 is 2.00 bits per heavy atom. The number of non-ortho nitro benzene ring substituents is 1. The van der Waals surface area contributed by atoms with Gasteiger partial charge in [0.15, 0.2) is 0 Å². The molecule has 0 amide bonds. The highest BCUT2D eigenvalue weighted by atomic mass is 19.4. The van der Waals surface area contributed by atoms with E-state index >= 15 is 0 Å². The number of alkyl halides is 3. The number of esters is 1. The van der Waals surface area contributed by atoms with Crippen LogP contribution in [-0.4, -0.2) is 35.5 Å². The molecule has 8 nitrogen and oxygen atoms in total. The van der Waals surface area contributed by atoms with Gasteiger partial charge in [0, 0.05) is 12.5 Å². The van der Waals surface area contributed by atoms with Gasteiger partial charge < -0.3 is 18.8 Å². The van der Waals surface area contributed by atoms with E-state index in [2.05, 4.69) is 4.74 Å². The summed E-state index contributed by atoms with van der Waals surface area (Å²) in [5, 5.41) is 11.3. The Labute approximate surface area is 138 Å². The van der Waals surface area contributed by atoms with E-state index in [-0.39, 0.29) is 29.9 Å². The molecule has 0 fully saturated rings. The van der Waals surface area contributed by atoms with Crippen LogP contribution < -0.4 is 4.74 Å². The quantitative estimate of drug-likeness (QED) is 0.445. The molecule has 0 unspecified atom stereocenters. The smallest absolute Gasteiger partial charge is 0.461 e. The molecular formula is C14H13F3N2O6. The van der Waals surface area contributed by atoms with Crippen molar-refractivity contribution in [2.24, 2.45) is 0 Å². The molecule has 0 aliphatic rings. The van der Waals surface area contributed by atoms with Gasteiger partial charge >= 0.3 is 12.3 Å². The van der Waals surface area contributed by atoms with Gasteiger partial charge in [0.05, 0.1) is 17.6 Å². The van der Waals surface area contributed by atoms with E-state index in [1.54, 1.807) is 6.92 Å². The Kier molecular flexibility index (Phi) is 5.16. The number of nitro groups is 1. The van der Waals surface area contributed by atoms with Gasteiger partial charge in [-0.1, -0.05) is 0 Å². The second-order valence-electron chi connectivity index (χ2n) is 4.78. The van der Waals surface area contributed by atoms with Crippen molar-refractivity contribution < 1.29 is 37.1 Å². The van der Waals surface area contributed by atoms with Crippen LogP contribution in [0, 0.1) is 10.1 Å².